The first kappa shape index (κ1) is 47.6. The molecule has 38 heavy (non-hydrogen) atoms. The van der Waals surface area contributed by atoms with Crippen LogP contribution in [0.3, 0.4) is 0 Å². The number of halogens is 2. The van der Waals surface area contributed by atoms with Crippen LogP contribution in [-0.2, 0) is 40.5 Å². The average molecular weight is 845 g/mol. The van der Waals surface area contributed by atoms with E-state index >= 15 is 0 Å². The van der Waals surface area contributed by atoms with Crippen LogP contribution in [0.4, 0.5) is 0 Å². The monoisotopic (exact) mass is 842 g/mol. The van der Waals surface area contributed by atoms with Crippen molar-refractivity contribution in [2.45, 2.75) is 19.6 Å². The summed E-state index contributed by atoms with van der Waals surface area (Å²) in [5.41, 5.74) is -1.79. The van der Waals surface area contributed by atoms with E-state index in [0.717, 1.165) is 14.2 Å². The molecule has 2 aromatic carbocycles. The van der Waals surface area contributed by atoms with Crippen molar-refractivity contribution in [2.75, 3.05) is 14.2 Å². The first-order valence-corrected chi connectivity index (χ1v) is 15.0. The van der Waals surface area contributed by atoms with E-state index in [4.69, 9.17) is 9.47 Å². The molecule has 2 rings (SSSR count). The van der Waals surface area contributed by atoms with Gasteiger partial charge in [-0.2, -0.15) is 0 Å². The standard InChI is InChI=1S/C14H12Br2O14S4.4K/c1-29-11-5(3-7(31(17,18)19)9(15)13(11)33(23,24)25)6-4-8(32(20,21)22)10(16)14(12(6)30-2)34(26,27)28;;;;/h3-4H,1-2H3,(H,17,18,19)(H,20,21,22)(H,23,24,25)(H,26,27,28);;;;/q;4*+1/p-4. The smallest absolute Gasteiger partial charge is 0.744 e. The molecular weight excluding hydrogens is 837 g/mol. The van der Waals surface area contributed by atoms with E-state index in [1.165, 1.54) is 0 Å². The molecule has 14 nitrogen and oxygen atoms in total. The van der Waals surface area contributed by atoms with Crippen LogP contribution in [0.1, 0.15) is 0 Å². The van der Waals surface area contributed by atoms with E-state index in [1.807, 2.05) is 0 Å². The summed E-state index contributed by atoms with van der Waals surface area (Å²) in [6.07, 6.45) is 0. The van der Waals surface area contributed by atoms with Gasteiger partial charge in [0, 0.05) is 11.1 Å². The summed E-state index contributed by atoms with van der Waals surface area (Å²) in [6.45, 7) is 0. The minimum atomic E-state index is -5.63. The SMILES string of the molecule is COc1c(-c2cc(S(=O)(=O)[O-])c(Br)c(S(=O)(=O)[O-])c2OC)cc(S(=O)(=O)[O-])c(Br)c1S(=O)(=O)[O-].[K+].[K+].[K+].[K+]. The molecule has 0 bridgehead atoms. The maximum absolute atomic E-state index is 11.9. The van der Waals surface area contributed by atoms with E-state index in [9.17, 15) is 51.9 Å². The average Bonchev–Trinajstić information content (AvgIpc) is 2.62. The fourth-order valence-corrected chi connectivity index (χ4v) is 8.57. The molecule has 0 unspecified atom stereocenters. The van der Waals surface area contributed by atoms with E-state index in [0.29, 0.717) is 12.1 Å². The normalized spacial score (nSPS) is 11.7. The van der Waals surface area contributed by atoms with Gasteiger partial charge in [-0.05, 0) is 44.0 Å². The molecule has 0 amide bonds. The van der Waals surface area contributed by atoms with Gasteiger partial charge in [-0.3, -0.25) is 0 Å². The van der Waals surface area contributed by atoms with Gasteiger partial charge in [0.1, 0.15) is 61.8 Å². The number of methoxy groups -OCH3 is 2. The number of rotatable bonds is 7. The Morgan fingerprint density at radius 2 is 0.789 bits per heavy atom. The van der Waals surface area contributed by atoms with Crippen molar-refractivity contribution >= 4 is 72.3 Å². The summed E-state index contributed by atoms with van der Waals surface area (Å²) in [5, 5.41) is 0. The Morgan fingerprint density at radius 1 is 0.553 bits per heavy atom. The van der Waals surface area contributed by atoms with Crippen molar-refractivity contribution in [1.82, 2.24) is 0 Å². The number of benzene rings is 2. The molecule has 0 spiro atoms. The van der Waals surface area contributed by atoms with Crippen LogP contribution in [0.15, 0.2) is 40.7 Å². The molecule has 2 aromatic rings. The van der Waals surface area contributed by atoms with Gasteiger partial charge in [0.2, 0.25) is 0 Å². The predicted molar refractivity (Wildman–Crippen MR) is 112 cm³/mol. The first-order chi connectivity index (χ1) is 15.2. The van der Waals surface area contributed by atoms with Gasteiger partial charge in [-0.15, -0.1) is 0 Å². The molecule has 0 radical (unpaired) electrons. The fraction of sp³-hybridized carbons (Fsp3) is 0.143. The Balaban J connectivity index is -0.00000306. The van der Waals surface area contributed by atoms with Crippen molar-refractivity contribution < 1.29 is 267 Å². The Morgan fingerprint density at radius 3 is 0.947 bits per heavy atom. The Bertz CT molecular complexity index is 1520. The van der Waals surface area contributed by atoms with Gasteiger partial charge in [0.15, 0.2) is 0 Å². The summed E-state index contributed by atoms with van der Waals surface area (Å²) in [6, 6.07) is 0.794. The Hall–Kier alpha value is 5.19. The Labute approximate surface area is 405 Å². The third-order valence-corrected chi connectivity index (χ3v) is 10.2. The maximum Gasteiger partial charge on any atom is 1.00 e. The molecule has 0 aliphatic heterocycles. The van der Waals surface area contributed by atoms with Gasteiger partial charge in [-0.25, -0.2) is 33.7 Å². The molecule has 0 N–H and O–H groups in total. The van der Waals surface area contributed by atoms with Gasteiger partial charge in [-0.1, -0.05) is 0 Å². The maximum atomic E-state index is 11.9. The zero-order valence-corrected chi connectivity index (χ0v) is 39.2. The molecule has 0 atom stereocenters. The van der Waals surface area contributed by atoms with E-state index in [-0.39, 0.29) is 206 Å². The molecule has 0 saturated heterocycles. The molecule has 0 saturated carbocycles. The fourth-order valence-electron chi connectivity index (χ4n) is 2.80. The molecule has 24 heteroatoms. The largest absolute Gasteiger partial charge is 1.00 e. The summed E-state index contributed by atoms with van der Waals surface area (Å²) in [4.78, 5) is -5.60. The second kappa shape index (κ2) is 17.9. The third-order valence-electron chi connectivity index (χ3n) is 4.02. The van der Waals surface area contributed by atoms with Crippen LogP contribution >= 0.6 is 31.9 Å². The van der Waals surface area contributed by atoms with Crippen LogP contribution < -0.4 is 215 Å². The topological polar surface area (TPSA) is 247 Å². The van der Waals surface area contributed by atoms with Gasteiger partial charge >= 0.3 is 206 Å². The molecule has 0 aliphatic rings. The molecule has 190 valence electrons. The quantitative estimate of drug-likeness (QED) is 0.186. The first-order valence-electron chi connectivity index (χ1n) is 7.82. The minimum absolute atomic E-state index is 0. The van der Waals surface area contributed by atoms with Gasteiger partial charge in [0.25, 0.3) is 0 Å². The van der Waals surface area contributed by atoms with Crippen molar-refractivity contribution in [3.63, 3.8) is 0 Å². The second-order valence-corrected chi connectivity index (χ2v) is 12.9. The summed E-state index contributed by atoms with van der Waals surface area (Å²) in [5.74, 6) is -2.00. The van der Waals surface area contributed by atoms with E-state index in [1.54, 1.807) is 0 Å². The van der Waals surface area contributed by atoms with Gasteiger partial charge in [0.05, 0.1) is 33.0 Å². The zero-order chi connectivity index (χ0) is 26.6. The van der Waals surface area contributed by atoms with E-state index in [2.05, 4.69) is 31.9 Å². The summed E-state index contributed by atoms with van der Waals surface area (Å²) < 4.78 is 149. The van der Waals surface area contributed by atoms with Crippen LogP contribution in [0.5, 0.6) is 11.5 Å². The summed E-state index contributed by atoms with van der Waals surface area (Å²) >= 11 is 5.04. The minimum Gasteiger partial charge on any atom is -0.744 e. The number of ether oxygens (including phenoxy) is 2. The van der Waals surface area contributed by atoms with Crippen LogP contribution in [0.25, 0.3) is 11.1 Å². The molecular formula is C14H8Br2K4O14S4. The molecule has 0 heterocycles. The van der Waals surface area contributed by atoms with Crippen LogP contribution in [0, 0.1) is 0 Å². The third kappa shape index (κ3) is 11.2. The van der Waals surface area contributed by atoms with E-state index < -0.39 is 91.6 Å². The van der Waals surface area contributed by atoms with Crippen LogP contribution in [-0.4, -0.2) is 66.1 Å². The molecule has 0 fully saturated rings. The van der Waals surface area contributed by atoms with Crippen molar-refractivity contribution in [2.24, 2.45) is 0 Å². The second-order valence-electron chi connectivity index (χ2n) is 6.01. The molecule has 0 aromatic heterocycles. The number of hydrogen-bond acceptors (Lipinski definition) is 14. The van der Waals surface area contributed by atoms with Crippen molar-refractivity contribution in [3.05, 3.63) is 21.1 Å². The van der Waals surface area contributed by atoms with Crippen LogP contribution in [0.2, 0.25) is 0 Å². The zero-order valence-electron chi connectivity index (χ0n) is 20.3. The predicted octanol–water partition coefficient (Wildman–Crippen LogP) is -11.5. The van der Waals surface area contributed by atoms with Gasteiger partial charge < -0.3 is 27.7 Å². The molecule has 0 aliphatic carbocycles. The Kier molecular flexibility index (Phi) is 22.4. The van der Waals surface area contributed by atoms with Crippen molar-refractivity contribution in [1.29, 1.82) is 0 Å². The summed E-state index contributed by atoms with van der Waals surface area (Å²) in [7, 11) is -20.8. The van der Waals surface area contributed by atoms with Crippen molar-refractivity contribution in [3.8, 4) is 22.6 Å². The number of hydrogen-bond donors (Lipinski definition) is 0.